The van der Waals surface area contributed by atoms with Gasteiger partial charge >= 0.3 is 0 Å². The second-order valence-corrected chi connectivity index (χ2v) is 8.07. The van der Waals surface area contributed by atoms with Gasteiger partial charge in [-0.1, -0.05) is 23.4 Å². The molecule has 4 aromatic rings. The fraction of sp³-hybridized carbons (Fsp3) is 0.261. The number of hydrogen-bond donors (Lipinski definition) is 2. The van der Waals surface area contributed by atoms with Gasteiger partial charge in [-0.2, -0.15) is 10.2 Å². The van der Waals surface area contributed by atoms with Crippen molar-refractivity contribution < 1.29 is 4.74 Å². The number of anilines is 2. The summed E-state index contributed by atoms with van der Waals surface area (Å²) in [5, 5.41) is 12.2. The molecule has 4 aromatic heterocycles. The Morgan fingerprint density at radius 3 is 2.79 bits per heavy atom. The molecule has 3 N–H and O–H groups in total. The van der Waals surface area contributed by atoms with E-state index in [1.165, 1.54) is 0 Å². The quantitative estimate of drug-likeness (QED) is 0.308. The number of nitrogens with one attached hydrogen (secondary N) is 1. The normalized spacial score (nSPS) is 11.5. The number of rotatable bonds is 7. The highest BCUT2D eigenvalue weighted by molar-refractivity contribution is 6.29. The Morgan fingerprint density at radius 1 is 1.18 bits per heavy atom. The fourth-order valence-electron chi connectivity index (χ4n) is 3.20. The van der Waals surface area contributed by atoms with Crippen molar-refractivity contribution in [1.29, 1.82) is 0 Å². The first-order valence-electron chi connectivity index (χ1n) is 10.6. The Balaban J connectivity index is 1.41. The summed E-state index contributed by atoms with van der Waals surface area (Å²) in [4.78, 5) is 12.7. The lowest BCUT2D eigenvalue weighted by Gasteiger charge is -2.17. The van der Waals surface area contributed by atoms with Crippen LogP contribution in [0.25, 0.3) is 11.4 Å². The van der Waals surface area contributed by atoms with Crippen LogP contribution < -0.4 is 15.8 Å². The molecule has 0 radical (unpaired) electrons. The predicted octanol–water partition coefficient (Wildman–Crippen LogP) is 2.91. The molecule has 0 aliphatic carbocycles. The van der Waals surface area contributed by atoms with Crippen molar-refractivity contribution in [3.05, 3.63) is 59.4 Å². The molecule has 0 saturated carbocycles. The second kappa shape index (κ2) is 10.2. The van der Waals surface area contributed by atoms with Crippen molar-refractivity contribution in [2.24, 2.45) is 14.1 Å². The molecule has 0 unspecified atom stereocenters. The molecule has 0 amide bonds. The van der Waals surface area contributed by atoms with Crippen LogP contribution in [0.4, 0.5) is 11.5 Å². The number of aryl methyl sites for hydroxylation is 2. The van der Waals surface area contributed by atoms with Gasteiger partial charge < -0.3 is 15.8 Å². The van der Waals surface area contributed by atoms with Gasteiger partial charge in [-0.15, -0.1) is 0 Å². The van der Waals surface area contributed by atoms with Gasteiger partial charge in [0.1, 0.15) is 16.5 Å². The van der Waals surface area contributed by atoms with E-state index in [1.807, 2.05) is 13.2 Å². The predicted molar refractivity (Wildman–Crippen MR) is 130 cm³/mol. The largest absolute Gasteiger partial charge is 0.477 e. The maximum Gasteiger partial charge on any atom is 0.222 e. The van der Waals surface area contributed by atoms with Crippen molar-refractivity contribution in [3.8, 4) is 29.1 Å². The van der Waals surface area contributed by atoms with E-state index in [2.05, 4.69) is 49.2 Å². The highest BCUT2D eigenvalue weighted by atomic mass is 35.5. The van der Waals surface area contributed by atoms with Crippen LogP contribution in [0, 0.1) is 11.8 Å². The molecular weight excluding hydrogens is 454 g/mol. The number of hydrogen-bond acceptors (Lipinski definition) is 8. The second-order valence-electron chi connectivity index (χ2n) is 7.68. The number of nitrogen functional groups attached to an aromatic ring is 1. The van der Waals surface area contributed by atoms with Crippen LogP contribution >= 0.6 is 11.6 Å². The molecule has 0 saturated heterocycles. The van der Waals surface area contributed by atoms with Crippen LogP contribution in [0.15, 0.2) is 43.1 Å². The number of halogens is 1. The van der Waals surface area contributed by atoms with E-state index in [4.69, 9.17) is 22.1 Å². The van der Waals surface area contributed by atoms with Crippen LogP contribution in [0.3, 0.4) is 0 Å². The first-order chi connectivity index (χ1) is 16.4. The summed E-state index contributed by atoms with van der Waals surface area (Å²) >= 11 is 6.13. The smallest absolute Gasteiger partial charge is 0.222 e. The highest BCUT2D eigenvalue weighted by Crippen LogP contribution is 2.27. The Hall–Kier alpha value is -4.10. The Morgan fingerprint density at radius 2 is 2.03 bits per heavy atom. The average molecular weight is 478 g/mol. The van der Waals surface area contributed by atoms with Crippen LogP contribution in [0.1, 0.15) is 24.5 Å². The summed E-state index contributed by atoms with van der Waals surface area (Å²) in [6, 6.07) is 3.47. The molecule has 4 heterocycles. The summed E-state index contributed by atoms with van der Waals surface area (Å²) in [5.74, 6) is 7.67. The Bertz CT molecular complexity index is 1350. The number of nitrogens with zero attached hydrogens (tertiary/aromatic N) is 7. The van der Waals surface area contributed by atoms with Crippen molar-refractivity contribution in [2.75, 3.05) is 17.7 Å². The van der Waals surface area contributed by atoms with Gasteiger partial charge in [0.2, 0.25) is 5.88 Å². The van der Waals surface area contributed by atoms with E-state index in [1.54, 1.807) is 53.3 Å². The molecule has 34 heavy (non-hydrogen) atoms. The molecule has 0 aliphatic heterocycles. The topological polar surface area (TPSA) is 122 Å². The van der Waals surface area contributed by atoms with Gasteiger partial charge in [-0.05, 0) is 19.1 Å². The summed E-state index contributed by atoms with van der Waals surface area (Å²) < 4.78 is 9.39. The lowest BCUT2D eigenvalue weighted by molar-refractivity contribution is 0.280. The van der Waals surface area contributed by atoms with Crippen LogP contribution in [-0.2, 0) is 14.1 Å². The van der Waals surface area contributed by atoms with Crippen LogP contribution in [0.5, 0.6) is 5.88 Å². The third-order valence-electron chi connectivity index (χ3n) is 4.91. The maximum atomic E-state index is 6.13. The van der Waals surface area contributed by atoms with Crippen molar-refractivity contribution in [1.82, 2.24) is 34.5 Å². The van der Waals surface area contributed by atoms with E-state index < -0.39 is 0 Å². The summed E-state index contributed by atoms with van der Waals surface area (Å²) in [6.45, 7) is 2.50. The Labute approximate surface area is 202 Å². The number of nitrogens with two attached hydrogens (primary N) is 1. The standard InChI is InChI=1S/C23H24ClN9O/c1-15(7-9-34-23-18(13-29-33(23)3)22-26-8-6-21(25)31-22)30-19-10-20(24)27-12-17(19)5-4-16-11-28-32(2)14-16/h6,8,10-15H,7,9H2,1-3H3,(H,27,30)(H2,25,26,31)/t15-/m1/s1. The van der Waals surface area contributed by atoms with Crippen molar-refractivity contribution in [2.45, 2.75) is 19.4 Å². The third kappa shape index (κ3) is 5.63. The van der Waals surface area contributed by atoms with E-state index in [-0.39, 0.29) is 6.04 Å². The van der Waals surface area contributed by atoms with Gasteiger partial charge in [0.15, 0.2) is 5.82 Å². The molecule has 1 atom stereocenters. The van der Waals surface area contributed by atoms with Gasteiger partial charge in [0, 0.05) is 45.1 Å². The first kappa shape index (κ1) is 23.1. The summed E-state index contributed by atoms with van der Waals surface area (Å²) in [7, 11) is 3.65. The third-order valence-corrected chi connectivity index (χ3v) is 5.12. The van der Waals surface area contributed by atoms with E-state index >= 15 is 0 Å². The molecule has 0 spiro atoms. The zero-order valence-corrected chi connectivity index (χ0v) is 19.8. The van der Waals surface area contributed by atoms with Gasteiger partial charge in [0.25, 0.3) is 0 Å². The minimum atomic E-state index is 0.0673. The van der Waals surface area contributed by atoms with Crippen molar-refractivity contribution in [3.63, 3.8) is 0 Å². The maximum absolute atomic E-state index is 6.13. The number of pyridine rings is 1. The van der Waals surface area contributed by atoms with E-state index in [9.17, 15) is 0 Å². The average Bonchev–Trinajstić information content (AvgIpc) is 3.38. The van der Waals surface area contributed by atoms with Gasteiger partial charge in [-0.3, -0.25) is 4.68 Å². The molecular formula is C23H24ClN9O. The molecule has 4 rings (SSSR count). The molecule has 0 aromatic carbocycles. The fourth-order valence-corrected chi connectivity index (χ4v) is 3.36. The zero-order chi connectivity index (χ0) is 24.1. The van der Waals surface area contributed by atoms with Crippen LogP contribution in [0.2, 0.25) is 5.15 Å². The molecule has 0 bridgehead atoms. The minimum Gasteiger partial charge on any atom is -0.477 e. The van der Waals surface area contributed by atoms with E-state index in [0.717, 1.165) is 16.8 Å². The van der Waals surface area contributed by atoms with Gasteiger partial charge in [0.05, 0.1) is 35.8 Å². The molecule has 0 aliphatic rings. The molecule has 11 heteroatoms. The Kier molecular flexibility index (Phi) is 6.94. The van der Waals surface area contributed by atoms with Gasteiger partial charge in [-0.25, -0.2) is 19.6 Å². The van der Waals surface area contributed by atoms with Crippen LogP contribution in [-0.4, -0.2) is 47.2 Å². The number of ether oxygens (including phenoxy) is 1. The van der Waals surface area contributed by atoms with Crippen molar-refractivity contribution >= 4 is 23.1 Å². The molecule has 10 nitrogen and oxygen atoms in total. The highest BCUT2D eigenvalue weighted by Gasteiger charge is 2.16. The first-order valence-corrected chi connectivity index (χ1v) is 10.9. The summed E-state index contributed by atoms with van der Waals surface area (Å²) in [5.41, 5.74) is 8.84. The summed E-state index contributed by atoms with van der Waals surface area (Å²) in [6.07, 6.45) is 9.20. The minimum absolute atomic E-state index is 0.0673. The zero-order valence-electron chi connectivity index (χ0n) is 19.0. The lowest BCUT2D eigenvalue weighted by Crippen LogP contribution is -2.19. The molecule has 0 fully saturated rings. The monoisotopic (exact) mass is 477 g/mol. The lowest BCUT2D eigenvalue weighted by atomic mass is 10.2. The molecule has 174 valence electrons. The van der Waals surface area contributed by atoms with E-state index in [0.29, 0.717) is 41.3 Å². The SMILES string of the molecule is C[C@H](CCOc1c(-c2nccc(N)n2)cnn1C)Nc1cc(Cl)ncc1C#Cc1cnn(C)c1. The number of aromatic nitrogens is 7.